The second kappa shape index (κ2) is 13.2. The van der Waals surface area contributed by atoms with Crippen molar-refractivity contribution in [2.45, 2.75) is 45.6 Å². The van der Waals surface area contributed by atoms with Gasteiger partial charge >= 0.3 is 0 Å². The molecule has 1 N–H and O–H groups in total. The number of likely N-dealkylation sites (tertiary alicyclic amines) is 1. The van der Waals surface area contributed by atoms with Gasteiger partial charge in [-0.15, -0.1) is 0 Å². The first-order valence-electron chi connectivity index (χ1n) is 9.30. The fraction of sp³-hybridized carbons (Fsp3) is 0.364. The topological polar surface area (TPSA) is 57.6 Å². The predicted molar refractivity (Wildman–Crippen MR) is 115 cm³/mol. The summed E-state index contributed by atoms with van der Waals surface area (Å²) in [6.07, 6.45) is 3.76. The first kappa shape index (κ1) is 24.0. The lowest BCUT2D eigenvalue weighted by Gasteiger charge is -2.36. The quantitative estimate of drug-likeness (QED) is 0.635. The van der Waals surface area contributed by atoms with Crippen molar-refractivity contribution in [2.24, 2.45) is 0 Å². The van der Waals surface area contributed by atoms with E-state index >= 15 is 0 Å². The highest BCUT2D eigenvalue weighted by Gasteiger charge is 2.28. The highest BCUT2D eigenvalue weighted by molar-refractivity contribution is 6.30. The Bertz CT molecular complexity index is 716. The van der Waals surface area contributed by atoms with Crippen LogP contribution in [-0.4, -0.2) is 28.4 Å². The number of carbonyl (C=O) groups excluding carboxylic acids is 1. The molecule has 0 saturated carbocycles. The Kier molecular flexibility index (Phi) is 11.3. The molecule has 0 spiro atoms. The van der Waals surface area contributed by atoms with Crippen LogP contribution in [0.25, 0.3) is 0 Å². The minimum atomic E-state index is -0.833. The summed E-state index contributed by atoms with van der Waals surface area (Å²) >= 11 is 11.4. The van der Waals surface area contributed by atoms with Gasteiger partial charge in [0.15, 0.2) is 0 Å². The number of nitrogens with zero attached hydrogens (tertiary/aromatic N) is 1. The molecule has 0 aromatic heterocycles. The maximum absolute atomic E-state index is 11.9. The van der Waals surface area contributed by atoms with Crippen LogP contribution in [-0.2, 0) is 9.59 Å². The van der Waals surface area contributed by atoms with Crippen LogP contribution in [0.5, 0.6) is 0 Å². The van der Waals surface area contributed by atoms with Crippen LogP contribution in [0.2, 0.25) is 10.0 Å². The van der Waals surface area contributed by atoms with Crippen molar-refractivity contribution in [3.8, 4) is 0 Å². The third-order valence-corrected chi connectivity index (χ3v) is 4.52. The minimum Gasteiger partial charge on any atom is -0.481 e. The molecule has 1 fully saturated rings. The van der Waals surface area contributed by atoms with Crippen molar-refractivity contribution >= 4 is 35.1 Å². The van der Waals surface area contributed by atoms with Gasteiger partial charge in [-0.25, -0.2) is 0 Å². The molecule has 1 heterocycles. The lowest BCUT2D eigenvalue weighted by molar-refractivity contribution is -0.136. The molecule has 1 aliphatic heterocycles. The molecule has 0 aliphatic carbocycles. The number of carbonyl (C=O) groups is 2. The molecule has 0 bridgehead atoms. The smallest absolute Gasteiger partial charge is 0.300 e. The van der Waals surface area contributed by atoms with Gasteiger partial charge in [-0.1, -0.05) is 60.5 Å². The van der Waals surface area contributed by atoms with Gasteiger partial charge in [0.25, 0.3) is 5.97 Å². The standard InChI is InChI=1S/C14H18ClNO.C6H5Cl.C2H4O2/c1-2-10-16-13(4-3-5-14(16)17)11-6-8-12(15)9-7-11;7-6-4-2-1-3-5-6;1-2(3)4/h6-9,13H,2-5,10H2,1H3;1-5H;1H3,(H,3,4)/t13-;;/m0../s1. The number of carboxylic acids is 1. The average molecular weight is 424 g/mol. The largest absolute Gasteiger partial charge is 0.481 e. The Balaban J connectivity index is 0.000000293. The van der Waals surface area contributed by atoms with Crippen LogP contribution in [0, 0.1) is 0 Å². The van der Waals surface area contributed by atoms with E-state index in [1.165, 1.54) is 5.56 Å². The predicted octanol–water partition coefficient (Wildman–Crippen LogP) is 6.23. The van der Waals surface area contributed by atoms with Crippen molar-refractivity contribution in [2.75, 3.05) is 6.54 Å². The molecule has 6 heteroatoms. The van der Waals surface area contributed by atoms with E-state index in [2.05, 4.69) is 6.92 Å². The van der Waals surface area contributed by atoms with Crippen LogP contribution in [0.4, 0.5) is 0 Å². The number of carboxylic acid groups (broad SMARTS) is 1. The molecule has 1 saturated heterocycles. The van der Waals surface area contributed by atoms with E-state index in [1.807, 2.05) is 59.5 Å². The molecule has 0 unspecified atom stereocenters. The highest BCUT2D eigenvalue weighted by atomic mass is 35.5. The number of aliphatic carboxylic acids is 1. The summed E-state index contributed by atoms with van der Waals surface area (Å²) in [6, 6.07) is 17.6. The maximum Gasteiger partial charge on any atom is 0.300 e. The summed E-state index contributed by atoms with van der Waals surface area (Å²) in [4.78, 5) is 23.0. The Morgan fingerprint density at radius 1 is 1.07 bits per heavy atom. The summed E-state index contributed by atoms with van der Waals surface area (Å²) in [7, 11) is 0. The highest BCUT2D eigenvalue weighted by Crippen LogP contribution is 2.32. The van der Waals surface area contributed by atoms with Crippen LogP contribution < -0.4 is 0 Å². The van der Waals surface area contributed by atoms with E-state index in [0.29, 0.717) is 6.42 Å². The monoisotopic (exact) mass is 423 g/mol. The summed E-state index contributed by atoms with van der Waals surface area (Å²) in [5, 5.41) is 8.96. The zero-order valence-electron chi connectivity index (χ0n) is 16.3. The van der Waals surface area contributed by atoms with Crippen molar-refractivity contribution < 1.29 is 14.7 Å². The number of rotatable bonds is 3. The maximum atomic E-state index is 11.9. The summed E-state index contributed by atoms with van der Waals surface area (Å²) in [6.45, 7) is 4.05. The molecule has 152 valence electrons. The Labute approximate surface area is 177 Å². The summed E-state index contributed by atoms with van der Waals surface area (Å²) < 4.78 is 0. The number of amides is 1. The Morgan fingerprint density at radius 2 is 1.61 bits per heavy atom. The first-order chi connectivity index (χ1) is 13.3. The molecule has 2 aromatic carbocycles. The molecular formula is C22H27Cl2NO3. The van der Waals surface area contributed by atoms with E-state index in [-0.39, 0.29) is 11.9 Å². The number of hydrogen-bond acceptors (Lipinski definition) is 2. The fourth-order valence-electron chi connectivity index (χ4n) is 2.89. The third-order valence-electron chi connectivity index (χ3n) is 4.02. The van der Waals surface area contributed by atoms with Gasteiger partial charge in [-0.3, -0.25) is 9.59 Å². The molecule has 28 heavy (non-hydrogen) atoms. The van der Waals surface area contributed by atoms with Gasteiger partial charge in [0.2, 0.25) is 5.91 Å². The first-order valence-corrected chi connectivity index (χ1v) is 10.1. The normalized spacial score (nSPS) is 15.6. The SMILES string of the molecule is CC(=O)O.CCCN1C(=O)CCC[C@H]1c1ccc(Cl)cc1.Clc1ccccc1. The van der Waals surface area contributed by atoms with Gasteiger partial charge in [0, 0.05) is 29.9 Å². The number of hydrogen-bond donors (Lipinski definition) is 1. The van der Waals surface area contributed by atoms with E-state index in [1.54, 1.807) is 0 Å². The van der Waals surface area contributed by atoms with Crippen LogP contribution in [0.3, 0.4) is 0 Å². The zero-order valence-corrected chi connectivity index (χ0v) is 17.8. The van der Waals surface area contributed by atoms with E-state index < -0.39 is 5.97 Å². The molecule has 0 radical (unpaired) electrons. The number of benzene rings is 2. The van der Waals surface area contributed by atoms with Crippen molar-refractivity contribution in [3.05, 3.63) is 70.2 Å². The van der Waals surface area contributed by atoms with Crippen LogP contribution in [0.1, 0.15) is 51.1 Å². The Morgan fingerprint density at radius 3 is 2.07 bits per heavy atom. The summed E-state index contributed by atoms with van der Waals surface area (Å²) in [5.41, 5.74) is 1.20. The Hall–Kier alpha value is -2.04. The van der Waals surface area contributed by atoms with Gasteiger partial charge < -0.3 is 10.0 Å². The third kappa shape index (κ3) is 9.25. The lowest BCUT2D eigenvalue weighted by atomic mass is 9.94. The second-order valence-corrected chi connectivity index (χ2v) is 7.23. The average Bonchev–Trinajstić information content (AvgIpc) is 2.65. The number of halogens is 2. The molecule has 3 rings (SSSR count). The number of piperidine rings is 1. The molecule has 2 aromatic rings. The molecule has 4 nitrogen and oxygen atoms in total. The zero-order chi connectivity index (χ0) is 20.9. The van der Waals surface area contributed by atoms with E-state index in [9.17, 15) is 4.79 Å². The second-order valence-electron chi connectivity index (χ2n) is 6.36. The van der Waals surface area contributed by atoms with Gasteiger partial charge in [0.05, 0.1) is 6.04 Å². The molecular weight excluding hydrogens is 397 g/mol. The van der Waals surface area contributed by atoms with Crippen molar-refractivity contribution in [1.82, 2.24) is 4.90 Å². The molecule has 1 atom stereocenters. The van der Waals surface area contributed by atoms with Crippen molar-refractivity contribution in [1.29, 1.82) is 0 Å². The van der Waals surface area contributed by atoms with E-state index in [0.717, 1.165) is 42.8 Å². The van der Waals surface area contributed by atoms with Gasteiger partial charge in [-0.05, 0) is 49.1 Å². The van der Waals surface area contributed by atoms with Crippen LogP contribution >= 0.6 is 23.2 Å². The van der Waals surface area contributed by atoms with Gasteiger partial charge in [-0.2, -0.15) is 0 Å². The molecule has 1 aliphatic rings. The van der Waals surface area contributed by atoms with Crippen molar-refractivity contribution in [3.63, 3.8) is 0 Å². The fourth-order valence-corrected chi connectivity index (χ4v) is 3.16. The minimum absolute atomic E-state index is 0.244. The van der Waals surface area contributed by atoms with Gasteiger partial charge in [0.1, 0.15) is 0 Å². The lowest BCUT2D eigenvalue weighted by Crippen LogP contribution is -2.38. The van der Waals surface area contributed by atoms with E-state index in [4.69, 9.17) is 33.1 Å². The molecule has 1 amide bonds. The summed E-state index contributed by atoms with van der Waals surface area (Å²) in [5.74, 6) is -0.543. The van der Waals surface area contributed by atoms with Crippen LogP contribution in [0.15, 0.2) is 54.6 Å².